The van der Waals surface area contributed by atoms with Crippen molar-refractivity contribution >= 4 is 54.8 Å². The molecule has 0 aliphatic carbocycles. The molecule has 1 aliphatic rings. The zero-order chi connectivity index (χ0) is 21.0. The maximum Gasteiger partial charge on any atom is 0.271 e. The molecule has 2 aromatic rings. The minimum atomic E-state index is -3.69. The Morgan fingerprint density at radius 2 is 1.97 bits per heavy atom. The highest BCUT2D eigenvalue weighted by molar-refractivity contribution is 9.11. The Kier molecular flexibility index (Phi) is 6.76. The van der Waals surface area contributed by atoms with Gasteiger partial charge in [-0.3, -0.25) is 14.3 Å². The number of sulfonamides is 1. The lowest BCUT2D eigenvalue weighted by atomic mass is 10.1. The zero-order valence-corrected chi connectivity index (χ0v) is 18.6. The topological polar surface area (TPSA) is 95.6 Å². The number of carbonyl (C=O) groups excluding carboxylic acids is 2. The van der Waals surface area contributed by atoms with E-state index in [9.17, 15) is 18.0 Å². The Bertz CT molecular complexity index is 1020. The number of halogens is 1. The molecule has 0 saturated carbocycles. The van der Waals surface area contributed by atoms with Crippen molar-refractivity contribution in [2.45, 2.75) is 23.1 Å². The van der Waals surface area contributed by atoms with Crippen LogP contribution < -0.4 is 10.0 Å². The molecular weight excluding hydrogens is 478 g/mol. The molecule has 1 unspecified atom stereocenters. The maximum absolute atomic E-state index is 12.8. The number of nitrogens with zero attached hydrogens (tertiary/aromatic N) is 1. The minimum absolute atomic E-state index is 0.190. The number of thiophene rings is 1. The van der Waals surface area contributed by atoms with Crippen molar-refractivity contribution in [2.75, 3.05) is 17.8 Å². The number of amides is 2. The molecule has 7 nitrogen and oxygen atoms in total. The number of rotatable bonds is 7. The normalized spacial score (nSPS) is 16.4. The summed E-state index contributed by atoms with van der Waals surface area (Å²) in [5.74, 6) is -0.444. The van der Waals surface area contributed by atoms with E-state index < -0.39 is 16.1 Å². The molecular formula is C19H20BrN3O4S2. The van der Waals surface area contributed by atoms with Gasteiger partial charge in [0.1, 0.15) is 10.3 Å². The van der Waals surface area contributed by atoms with E-state index in [1.165, 1.54) is 18.2 Å². The van der Waals surface area contributed by atoms with Gasteiger partial charge in [-0.15, -0.1) is 17.9 Å². The number of likely N-dealkylation sites (tertiary alicyclic amines) is 1. The van der Waals surface area contributed by atoms with Crippen LogP contribution in [-0.4, -0.2) is 44.3 Å². The molecule has 1 aliphatic heterocycles. The average molecular weight is 498 g/mol. The van der Waals surface area contributed by atoms with E-state index in [4.69, 9.17) is 0 Å². The Balaban J connectivity index is 1.70. The van der Waals surface area contributed by atoms with Gasteiger partial charge in [0, 0.05) is 24.3 Å². The quantitative estimate of drug-likeness (QED) is 0.574. The first kappa shape index (κ1) is 21.5. The van der Waals surface area contributed by atoms with E-state index in [0.29, 0.717) is 30.8 Å². The van der Waals surface area contributed by atoms with Crippen LogP contribution in [0.5, 0.6) is 0 Å². The Morgan fingerprint density at radius 1 is 1.24 bits per heavy atom. The van der Waals surface area contributed by atoms with Gasteiger partial charge < -0.3 is 10.2 Å². The highest BCUT2D eigenvalue weighted by atomic mass is 79.9. The fourth-order valence-electron chi connectivity index (χ4n) is 3.07. The number of hydrogen-bond donors (Lipinski definition) is 2. The van der Waals surface area contributed by atoms with Crippen LogP contribution in [0.1, 0.15) is 23.2 Å². The van der Waals surface area contributed by atoms with Crippen molar-refractivity contribution in [2.24, 2.45) is 0 Å². The summed E-state index contributed by atoms with van der Waals surface area (Å²) in [6, 6.07) is 8.87. The van der Waals surface area contributed by atoms with Gasteiger partial charge in [-0.2, -0.15) is 0 Å². The lowest BCUT2D eigenvalue weighted by molar-refractivity contribution is -0.124. The van der Waals surface area contributed by atoms with E-state index in [-0.39, 0.29) is 16.0 Å². The molecule has 0 spiro atoms. The standard InChI is InChI=1S/C19H20BrN3O4S2/c1-2-11-21-18(24)15-4-3-12-23(15)19(25)13-5-7-14(8-6-13)22-29(26,27)17-10-9-16(20)28-17/h2,5-10,15,22H,1,3-4,11-12H2,(H,21,24). The first-order valence-electron chi connectivity index (χ1n) is 8.89. The first-order chi connectivity index (χ1) is 13.8. The van der Waals surface area contributed by atoms with Crippen LogP contribution >= 0.6 is 27.3 Å². The van der Waals surface area contributed by atoms with E-state index in [1.807, 2.05) is 0 Å². The second-order valence-electron chi connectivity index (χ2n) is 6.43. The van der Waals surface area contributed by atoms with Crippen LogP contribution in [0.3, 0.4) is 0 Å². The van der Waals surface area contributed by atoms with Crippen molar-refractivity contribution < 1.29 is 18.0 Å². The molecule has 2 heterocycles. The number of nitrogens with one attached hydrogen (secondary N) is 2. The van der Waals surface area contributed by atoms with Crippen LogP contribution in [0.15, 0.2) is 57.0 Å². The monoisotopic (exact) mass is 497 g/mol. The number of anilines is 1. The molecule has 2 N–H and O–H groups in total. The summed E-state index contributed by atoms with van der Waals surface area (Å²) in [5, 5.41) is 2.73. The van der Waals surface area contributed by atoms with Gasteiger partial charge in [0.25, 0.3) is 15.9 Å². The van der Waals surface area contributed by atoms with Crippen LogP contribution in [0.2, 0.25) is 0 Å². The van der Waals surface area contributed by atoms with Crippen molar-refractivity contribution in [1.29, 1.82) is 0 Å². The number of benzene rings is 1. The number of hydrogen-bond acceptors (Lipinski definition) is 5. The van der Waals surface area contributed by atoms with Crippen LogP contribution in [0, 0.1) is 0 Å². The Hall–Kier alpha value is -2.17. The molecule has 154 valence electrons. The minimum Gasteiger partial charge on any atom is -0.351 e. The summed E-state index contributed by atoms with van der Waals surface area (Å²) in [7, 11) is -3.69. The predicted molar refractivity (Wildman–Crippen MR) is 117 cm³/mol. The van der Waals surface area contributed by atoms with Gasteiger partial charge in [0.2, 0.25) is 5.91 Å². The van der Waals surface area contributed by atoms with Crippen molar-refractivity contribution in [3.8, 4) is 0 Å². The first-order valence-corrected chi connectivity index (χ1v) is 12.0. The third kappa shape index (κ3) is 5.06. The highest BCUT2D eigenvalue weighted by Gasteiger charge is 2.34. The Morgan fingerprint density at radius 3 is 2.59 bits per heavy atom. The summed E-state index contributed by atoms with van der Waals surface area (Å²) in [4.78, 5) is 26.7. The van der Waals surface area contributed by atoms with Crippen molar-refractivity contribution in [3.63, 3.8) is 0 Å². The third-order valence-electron chi connectivity index (χ3n) is 4.43. The summed E-state index contributed by atoms with van der Waals surface area (Å²) >= 11 is 4.36. The van der Waals surface area contributed by atoms with Gasteiger partial charge in [-0.1, -0.05) is 6.08 Å². The van der Waals surface area contributed by atoms with E-state index in [1.54, 1.807) is 29.2 Å². The summed E-state index contributed by atoms with van der Waals surface area (Å²) in [6.45, 7) is 4.43. The SMILES string of the molecule is C=CCNC(=O)C1CCCN1C(=O)c1ccc(NS(=O)(=O)c2ccc(Br)s2)cc1. The molecule has 1 atom stereocenters. The highest BCUT2D eigenvalue weighted by Crippen LogP contribution is 2.28. The largest absolute Gasteiger partial charge is 0.351 e. The van der Waals surface area contributed by atoms with Crippen molar-refractivity contribution in [1.82, 2.24) is 10.2 Å². The van der Waals surface area contributed by atoms with Gasteiger partial charge in [-0.05, 0) is 65.2 Å². The van der Waals surface area contributed by atoms with Crippen LogP contribution in [0.25, 0.3) is 0 Å². The molecule has 29 heavy (non-hydrogen) atoms. The third-order valence-corrected chi connectivity index (χ3v) is 7.93. The second kappa shape index (κ2) is 9.10. The fourth-order valence-corrected chi connectivity index (χ4v) is 6.14. The zero-order valence-electron chi connectivity index (χ0n) is 15.4. The van der Waals surface area contributed by atoms with Gasteiger partial charge >= 0.3 is 0 Å². The van der Waals surface area contributed by atoms with Gasteiger partial charge in [-0.25, -0.2) is 8.42 Å². The molecule has 2 amide bonds. The molecule has 0 radical (unpaired) electrons. The second-order valence-corrected chi connectivity index (χ2v) is 10.8. The molecule has 1 fully saturated rings. The summed E-state index contributed by atoms with van der Waals surface area (Å²) in [5.41, 5.74) is 0.753. The molecule has 3 rings (SSSR count). The summed E-state index contributed by atoms with van der Waals surface area (Å²) < 4.78 is 28.2. The van der Waals surface area contributed by atoms with E-state index in [0.717, 1.165) is 21.5 Å². The van der Waals surface area contributed by atoms with E-state index in [2.05, 4.69) is 32.5 Å². The van der Waals surface area contributed by atoms with Gasteiger partial charge in [0.05, 0.1) is 3.79 Å². The van der Waals surface area contributed by atoms with Crippen LogP contribution in [0.4, 0.5) is 5.69 Å². The Labute approximate surface area is 182 Å². The lowest BCUT2D eigenvalue weighted by Crippen LogP contribution is -2.46. The molecule has 1 aromatic carbocycles. The molecule has 10 heteroatoms. The van der Waals surface area contributed by atoms with Gasteiger partial charge in [0.15, 0.2) is 0 Å². The fraction of sp³-hybridized carbons (Fsp3) is 0.263. The maximum atomic E-state index is 12.8. The van der Waals surface area contributed by atoms with Crippen molar-refractivity contribution in [3.05, 3.63) is 58.4 Å². The predicted octanol–water partition coefficient (Wildman–Crippen LogP) is 3.22. The molecule has 1 aromatic heterocycles. The van der Waals surface area contributed by atoms with Crippen LogP contribution in [-0.2, 0) is 14.8 Å². The average Bonchev–Trinajstić information content (AvgIpc) is 3.35. The smallest absolute Gasteiger partial charge is 0.271 e. The lowest BCUT2D eigenvalue weighted by Gasteiger charge is -2.24. The number of carbonyl (C=O) groups is 2. The van der Waals surface area contributed by atoms with E-state index >= 15 is 0 Å². The summed E-state index contributed by atoms with van der Waals surface area (Å²) in [6.07, 6.45) is 2.96. The molecule has 0 bridgehead atoms. The molecule has 1 saturated heterocycles.